The Balaban J connectivity index is 1.89. The van der Waals surface area contributed by atoms with Crippen molar-refractivity contribution in [3.8, 4) is 0 Å². The topological polar surface area (TPSA) is 51.0 Å². The lowest BCUT2D eigenvalue weighted by Crippen LogP contribution is -2.44. The summed E-state index contributed by atoms with van der Waals surface area (Å²) in [6.07, 6.45) is 1.78. The average Bonchev–Trinajstić information content (AvgIpc) is 2.98. The van der Waals surface area contributed by atoms with Crippen molar-refractivity contribution in [2.45, 2.75) is 31.8 Å². The number of nitrogens with zero attached hydrogens (tertiary/aromatic N) is 4. The molecule has 1 heterocycles. The number of hydrogen-bond acceptors (Lipinski definition) is 3. The Morgan fingerprint density at radius 2 is 2.20 bits per heavy atom. The van der Waals surface area contributed by atoms with Gasteiger partial charge in [0.2, 0.25) is 5.91 Å². The van der Waals surface area contributed by atoms with Crippen LogP contribution in [0.3, 0.4) is 0 Å². The molecule has 134 valence electrons. The third-order valence-corrected chi connectivity index (χ3v) is 5.03. The number of amides is 1. The predicted molar refractivity (Wildman–Crippen MR) is 89.5 cm³/mol. The second kappa shape index (κ2) is 7.25. The molecule has 9 heteroatoms. The highest BCUT2D eigenvalue weighted by Gasteiger charge is 2.31. The Morgan fingerprint density at radius 3 is 2.92 bits per heavy atom. The van der Waals surface area contributed by atoms with Crippen LogP contribution in [0, 0.1) is 11.6 Å². The number of halogens is 4. The molecule has 0 bridgehead atoms. The summed E-state index contributed by atoms with van der Waals surface area (Å²) in [6.45, 7) is -0.232. The molecule has 2 aromatic rings. The Hall–Kier alpha value is -1.73. The molecule has 0 N–H and O–H groups in total. The quantitative estimate of drug-likeness (QED) is 0.597. The van der Waals surface area contributed by atoms with Gasteiger partial charge in [0.25, 0.3) is 0 Å². The summed E-state index contributed by atoms with van der Waals surface area (Å²) in [7, 11) is 1.81. The van der Waals surface area contributed by atoms with E-state index in [1.807, 2.05) is 7.05 Å². The molecule has 0 fully saturated rings. The molecule has 1 aromatic carbocycles. The average molecular weight is 389 g/mol. The van der Waals surface area contributed by atoms with Crippen molar-refractivity contribution in [1.82, 2.24) is 19.9 Å². The van der Waals surface area contributed by atoms with Crippen molar-refractivity contribution in [3.05, 3.63) is 45.7 Å². The number of hydrogen-bond donors (Lipinski definition) is 0. The van der Waals surface area contributed by atoms with Crippen molar-refractivity contribution in [2.24, 2.45) is 7.05 Å². The molecule has 3 rings (SSSR count). The van der Waals surface area contributed by atoms with Crippen LogP contribution in [0.5, 0.6) is 0 Å². The standard InChI is InChI=1S/C16H16Cl2F2N4O/c1-23-14-5-2-9(6-13(14)21-22-23)24(15(25)7-17)8-10-12(19)4-3-11(18)16(10)20/h3-4,9H,2,5-8H2,1H3. The van der Waals surface area contributed by atoms with Gasteiger partial charge in [0, 0.05) is 25.1 Å². The first kappa shape index (κ1) is 18.1. The predicted octanol–water partition coefficient (Wildman–Crippen LogP) is 2.87. The van der Waals surface area contributed by atoms with Crippen LogP contribution in [-0.4, -0.2) is 37.7 Å². The second-order valence-corrected chi connectivity index (χ2v) is 6.65. The summed E-state index contributed by atoms with van der Waals surface area (Å²) in [5.41, 5.74) is 1.56. The number of fused-ring (bicyclic) bond motifs is 1. The molecule has 1 amide bonds. The van der Waals surface area contributed by atoms with Gasteiger partial charge in [-0.2, -0.15) is 0 Å². The number of aryl methyl sites for hydroxylation is 1. The fourth-order valence-corrected chi connectivity index (χ4v) is 3.49. The van der Waals surface area contributed by atoms with E-state index in [2.05, 4.69) is 10.3 Å². The maximum absolute atomic E-state index is 14.2. The van der Waals surface area contributed by atoms with Crippen molar-refractivity contribution in [3.63, 3.8) is 0 Å². The summed E-state index contributed by atoms with van der Waals surface area (Å²) in [6, 6.07) is 1.98. The van der Waals surface area contributed by atoms with Crippen LogP contribution in [0.2, 0.25) is 5.02 Å². The fraction of sp³-hybridized carbons (Fsp3) is 0.438. The zero-order valence-electron chi connectivity index (χ0n) is 13.5. The van der Waals surface area contributed by atoms with Crippen LogP contribution in [-0.2, 0) is 31.2 Å². The van der Waals surface area contributed by atoms with Crippen LogP contribution in [0.1, 0.15) is 23.4 Å². The molecule has 1 unspecified atom stereocenters. The lowest BCUT2D eigenvalue weighted by atomic mass is 9.94. The maximum atomic E-state index is 14.2. The Labute approximate surface area is 153 Å². The number of alkyl halides is 1. The Morgan fingerprint density at radius 1 is 1.44 bits per heavy atom. The van der Waals surface area contributed by atoms with Crippen LogP contribution < -0.4 is 0 Å². The third kappa shape index (κ3) is 3.48. The minimum atomic E-state index is -0.856. The van der Waals surface area contributed by atoms with E-state index in [9.17, 15) is 13.6 Å². The van der Waals surface area contributed by atoms with Crippen LogP contribution >= 0.6 is 23.2 Å². The molecule has 0 radical (unpaired) electrons. The van der Waals surface area contributed by atoms with E-state index in [-0.39, 0.29) is 29.1 Å². The zero-order chi connectivity index (χ0) is 18.1. The maximum Gasteiger partial charge on any atom is 0.238 e. The molecule has 1 aliphatic rings. The lowest BCUT2D eigenvalue weighted by molar-refractivity contribution is -0.131. The van der Waals surface area contributed by atoms with Crippen LogP contribution in [0.4, 0.5) is 8.78 Å². The van der Waals surface area contributed by atoms with Crippen molar-refractivity contribution < 1.29 is 13.6 Å². The summed E-state index contributed by atoms with van der Waals surface area (Å²) < 4.78 is 30.0. The van der Waals surface area contributed by atoms with E-state index in [0.717, 1.165) is 23.5 Å². The molecule has 0 spiro atoms. The van der Waals surface area contributed by atoms with E-state index in [0.29, 0.717) is 19.3 Å². The molecule has 1 aliphatic carbocycles. The summed E-state index contributed by atoms with van der Waals surface area (Å²) in [5, 5.41) is 7.90. The van der Waals surface area contributed by atoms with Gasteiger partial charge in [-0.15, -0.1) is 16.7 Å². The number of aromatic nitrogens is 3. The van der Waals surface area contributed by atoms with E-state index >= 15 is 0 Å². The SMILES string of the molecule is Cn1nnc2c1CCC(N(Cc1c(F)ccc(Cl)c1F)C(=O)CCl)C2. The number of carbonyl (C=O) groups excluding carboxylic acids is 1. The highest BCUT2D eigenvalue weighted by atomic mass is 35.5. The van der Waals surface area contributed by atoms with Crippen molar-refractivity contribution >= 4 is 29.1 Å². The van der Waals surface area contributed by atoms with Gasteiger partial charge in [0.15, 0.2) is 0 Å². The van der Waals surface area contributed by atoms with Gasteiger partial charge in [-0.1, -0.05) is 16.8 Å². The molecule has 25 heavy (non-hydrogen) atoms. The van der Waals surface area contributed by atoms with Crippen molar-refractivity contribution in [1.29, 1.82) is 0 Å². The summed E-state index contributed by atoms with van der Waals surface area (Å²) >= 11 is 11.5. The van der Waals surface area contributed by atoms with E-state index in [4.69, 9.17) is 23.2 Å². The molecule has 0 aliphatic heterocycles. The second-order valence-electron chi connectivity index (χ2n) is 5.98. The molecule has 1 atom stereocenters. The van der Waals surface area contributed by atoms with Gasteiger partial charge in [-0.3, -0.25) is 9.48 Å². The van der Waals surface area contributed by atoms with E-state index in [1.54, 1.807) is 4.68 Å². The first-order valence-electron chi connectivity index (χ1n) is 7.77. The Bertz CT molecular complexity index is 812. The Kier molecular flexibility index (Phi) is 5.24. The zero-order valence-corrected chi connectivity index (χ0v) is 15.0. The van der Waals surface area contributed by atoms with E-state index < -0.39 is 17.5 Å². The molecular formula is C16H16Cl2F2N4O. The monoisotopic (exact) mass is 388 g/mol. The fourth-order valence-electron chi connectivity index (χ4n) is 3.16. The number of rotatable bonds is 4. The lowest BCUT2D eigenvalue weighted by Gasteiger charge is -2.34. The van der Waals surface area contributed by atoms with Crippen molar-refractivity contribution in [2.75, 3.05) is 5.88 Å². The van der Waals surface area contributed by atoms with Crippen LogP contribution in [0.25, 0.3) is 0 Å². The first-order chi connectivity index (χ1) is 11.9. The van der Waals surface area contributed by atoms with Gasteiger partial charge < -0.3 is 4.90 Å². The number of benzene rings is 1. The summed E-state index contributed by atoms with van der Waals surface area (Å²) in [4.78, 5) is 13.7. The van der Waals surface area contributed by atoms with Crippen LogP contribution in [0.15, 0.2) is 12.1 Å². The van der Waals surface area contributed by atoms with Gasteiger partial charge in [0.1, 0.15) is 17.5 Å². The molecule has 0 saturated heterocycles. The number of carbonyl (C=O) groups is 1. The van der Waals surface area contributed by atoms with E-state index in [1.165, 1.54) is 4.90 Å². The highest BCUT2D eigenvalue weighted by Crippen LogP contribution is 2.27. The first-order valence-corrected chi connectivity index (χ1v) is 8.68. The minimum absolute atomic E-state index is 0.186. The summed E-state index contributed by atoms with van der Waals surface area (Å²) in [5.74, 6) is -2.26. The third-order valence-electron chi connectivity index (χ3n) is 4.51. The molecule has 5 nitrogen and oxygen atoms in total. The minimum Gasteiger partial charge on any atom is -0.334 e. The van der Waals surface area contributed by atoms with Gasteiger partial charge >= 0.3 is 0 Å². The smallest absolute Gasteiger partial charge is 0.238 e. The van der Waals surface area contributed by atoms with Gasteiger partial charge in [-0.25, -0.2) is 8.78 Å². The highest BCUT2D eigenvalue weighted by molar-refractivity contribution is 6.30. The van der Waals surface area contributed by atoms with Gasteiger partial charge in [0.05, 0.1) is 23.0 Å². The molecular weight excluding hydrogens is 373 g/mol. The molecule has 0 saturated carbocycles. The largest absolute Gasteiger partial charge is 0.334 e. The molecule has 1 aromatic heterocycles. The normalized spacial score (nSPS) is 16.6. The van der Waals surface area contributed by atoms with Gasteiger partial charge in [-0.05, 0) is 25.0 Å².